The summed E-state index contributed by atoms with van der Waals surface area (Å²) in [5.41, 5.74) is 3.28. The molecule has 2 saturated heterocycles. The number of aromatic nitrogens is 1. The molecule has 0 atom stereocenters. The van der Waals surface area contributed by atoms with Crippen molar-refractivity contribution in [3.63, 3.8) is 0 Å². The van der Waals surface area contributed by atoms with Crippen LogP contribution in [0.3, 0.4) is 0 Å². The number of likely N-dealkylation sites (tertiary alicyclic amines) is 2. The van der Waals surface area contributed by atoms with Crippen molar-refractivity contribution in [2.24, 2.45) is 18.9 Å². The molecule has 0 bridgehead atoms. The number of nitrogens with zero attached hydrogens (tertiary/aromatic N) is 4. The molecule has 1 N–H and O–H groups in total. The van der Waals surface area contributed by atoms with E-state index in [-0.39, 0.29) is 11.9 Å². The van der Waals surface area contributed by atoms with Gasteiger partial charge in [0.2, 0.25) is 5.91 Å². The van der Waals surface area contributed by atoms with Crippen LogP contribution in [0.4, 0.5) is 10.5 Å². The topological polar surface area (TPSA) is 81.4 Å². The van der Waals surface area contributed by atoms with Crippen LogP contribution in [0, 0.1) is 23.2 Å². The van der Waals surface area contributed by atoms with Gasteiger partial charge in [-0.3, -0.25) is 4.79 Å². The molecule has 2 aliphatic heterocycles. The van der Waals surface area contributed by atoms with E-state index in [2.05, 4.69) is 46.2 Å². The van der Waals surface area contributed by atoms with Crippen LogP contribution in [0.25, 0.3) is 10.9 Å². The predicted octanol–water partition coefficient (Wildman–Crippen LogP) is 4.45. The summed E-state index contributed by atoms with van der Waals surface area (Å²) in [7, 11) is 2.07. The Bertz CT molecular complexity index is 1080. The number of anilines is 1. The SMILES string of the molecule is Cn1cc(C2CCN(C(=O)C3CCCC3)CC2)c2cc(NC(=O)N3CC(CC#N)C3)ccc21. The second-order valence-corrected chi connectivity index (χ2v) is 10.1. The van der Waals surface area contributed by atoms with Crippen LogP contribution in [0.5, 0.6) is 0 Å². The van der Waals surface area contributed by atoms with Crippen LogP contribution in [-0.4, -0.2) is 52.5 Å². The van der Waals surface area contributed by atoms with E-state index < -0.39 is 0 Å². The minimum atomic E-state index is -0.0974. The van der Waals surface area contributed by atoms with Gasteiger partial charge in [-0.15, -0.1) is 0 Å². The molecule has 1 saturated carbocycles. The molecular weight excluding hydrogens is 414 g/mol. The van der Waals surface area contributed by atoms with Crippen molar-refractivity contribution in [1.29, 1.82) is 5.26 Å². The van der Waals surface area contributed by atoms with E-state index >= 15 is 0 Å². The summed E-state index contributed by atoms with van der Waals surface area (Å²) in [5.74, 6) is 1.36. The normalized spacial score (nSPS) is 20.1. The summed E-state index contributed by atoms with van der Waals surface area (Å²) < 4.78 is 2.16. The molecule has 0 unspecified atom stereocenters. The van der Waals surface area contributed by atoms with Crippen molar-refractivity contribution in [1.82, 2.24) is 14.4 Å². The molecule has 7 nitrogen and oxygen atoms in total. The van der Waals surface area contributed by atoms with Crippen LogP contribution in [-0.2, 0) is 11.8 Å². The number of carbonyl (C=O) groups is 2. The molecule has 174 valence electrons. The maximum absolute atomic E-state index is 12.8. The van der Waals surface area contributed by atoms with Gasteiger partial charge >= 0.3 is 6.03 Å². The Labute approximate surface area is 195 Å². The lowest BCUT2D eigenvalue weighted by molar-refractivity contribution is -0.136. The number of benzene rings is 1. The molecular formula is C26H33N5O2. The Morgan fingerprint density at radius 2 is 1.82 bits per heavy atom. The third-order valence-corrected chi connectivity index (χ3v) is 7.85. The fourth-order valence-corrected chi connectivity index (χ4v) is 5.86. The molecule has 0 spiro atoms. The van der Waals surface area contributed by atoms with Gasteiger partial charge in [0.05, 0.1) is 6.07 Å². The largest absolute Gasteiger partial charge is 0.350 e. The summed E-state index contributed by atoms with van der Waals surface area (Å²) in [6, 6.07) is 8.20. The summed E-state index contributed by atoms with van der Waals surface area (Å²) >= 11 is 0. The van der Waals surface area contributed by atoms with Crippen molar-refractivity contribution in [3.8, 4) is 6.07 Å². The van der Waals surface area contributed by atoms with Gasteiger partial charge in [0, 0.05) is 74.3 Å². The van der Waals surface area contributed by atoms with Crippen LogP contribution < -0.4 is 5.32 Å². The highest BCUT2D eigenvalue weighted by Gasteiger charge is 2.32. The molecule has 3 aliphatic rings. The average molecular weight is 448 g/mol. The number of amides is 3. The number of urea groups is 1. The molecule has 3 heterocycles. The monoisotopic (exact) mass is 447 g/mol. The third kappa shape index (κ3) is 4.31. The standard InChI is InChI=1S/C26H33N5O2/c1-29-17-23(19-9-12-30(13-10-19)25(32)20-4-2-3-5-20)22-14-21(6-7-24(22)29)28-26(33)31-15-18(16-31)8-11-27/h6-7,14,17-20H,2-5,8-10,12-13,15-16H2,1H3,(H,28,33). The summed E-state index contributed by atoms with van der Waals surface area (Å²) in [4.78, 5) is 29.2. The minimum Gasteiger partial charge on any atom is -0.350 e. The zero-order chi connectivity index (χ0) is 22.9. The lowest BCUT2D eigenvalue weighted by atomic mass is 9.88. The highest BCUT2D eigenvalue weighted by molar-refractivity contribution is 5.94. The lowest BCUT2D eigenvalue weighted by Gasteiger charge is -2.38. The summed E-state index contributed by atoms with van der Waals surface area (Å²) in [6.07, 6.45) is 9.22. The number of aryl methyl sites for hydroxylation is 1. The van der Waals surface area contributed by atoms with E-state index in [4.69, 9.17) is 5.26 Å². The Kier molecular flexibility index (Phi) is 6.01. The maximum atomic E-state index is 12.8. The van der Waals surface area contributed by atoms with Crippen molar-refractivity contribution in [3.05, 3.63) is 30.0 Å². The highest BCUT2D eigenvalue weighted by atomic mass is 16.2. The van der Waals surface area contributed by atoms with Crippen molar-refractivity contribution >= 4 is 28.5 Å². The van der Waals surface area contributed by atoms with Crippen molar-refractivity contribution in [2.45, 2.75) is 50.9 Å². The van der Waals surface area contributed by atoms with Gasteiger partial charge in [-0.2, -0.15) is 5.26 Å². The number of hydrogen-bond acceptors (Lipinski definition) is 3. The van der Waals surface area contributed by atoms with E-state index in [1.165, 1.54) is 23.8 Å². The van der Waals surface area contributed by atoms with E-state index in [9.17, 15) is 9.59 Å². The van der Waals surface area contributed by atoms with Gasteiger partial charge in [0.1, 0.15) is 0 Å². The van der Waals surface area contributed by atoms with Gasteiger partial charge < -0.3 is 19.7 Å². The van der Waals surface area contributed by atoms with E-state index in [1.807, 2.05) is 6.07 Å². The molecule has 3 fully saturated rings. The van der Waals surface area contributed by atoms with Gasteiger partial charge in [-0.25, -0.2) is 4.79 Å². The highest BCUT2D eigenvalue weighted by Crippen LogP contribution is 2.36. The number of nitriles is 1. The number of rotatable bonds is 4. The zero-order valence-electron chi connectivity index (χ0n) is 19.4. The molecule has 1 aliphatic carbocycles. The molecule has 0 radical (unpaired) electrons. The van der Waals surface area contributed by atoms with Gasteiger partial charge in [0.25, 0.3) is 0 Å². The number of carbonyl (C=O) groups excluding carboxylic acids is 2. The lowest BCUT2D eigenvalue weighted by Crippen LogP contribution is -2.51. The molecule has 7 heteroatoms. The Morgan fingerprint density at radius 3 is 2.52 bits per heavy atom. The number of piperidine rings is 1. The first-order chi connectivity index (χ1) is 16.0. The molecule has 3 amide bonds. The summed E-state index contributed by atoms with van der Waals surface area (Å²) in [5, 5.41) is 13.0. The maximum Gasteiger partial charge on any atom is 0.321 e. The number of nitrogens with one attached hydrogen (secondary N) is 1. The zero-order valence-corrected chi connectivity index (χ0v) is 19.4. The first-order valence-electron chi connectivity index (χ1n) is 12.3. The Morgan fingerprint density at radius 1 is 1.09 bits per heavy atom. The number of fused-ring (bicyclic) bond motifs is 1. The smallest absolute Gasteiger partial charge is 0.321 e. The molecule has 1 aromatic carbocycles. The molecule has 1 aromatic heterocycles. The quantitative estimate of drug-likeness (QED) is 0.752. The predicted molar refractivity (Wildman–Crippen MR) is 128 cm³/mol. The van der Waals surface area contributed by atoms with Crippen LogP contribution in [0.15, 0.2) is 24.4 Å². The third-order valence-electron chi connectivity index (χ3n) is 7.85. The van der Waals surface area contributed by atoms with Crippen LogP contribution in [0.2, 0.25) is 0 Å². The van der Waals surface area contributed by atoms with E-state index in [0.717, 1.165) is 50.0 Å². The second-order valence-electron chi connectivity index (χ2n) is 10.1. The average Bonchev–Trinajstić information content (AvgIpc) is 3.44. The van der Waals surface area contributed by atoms with Crippen LogP contribution >= 0.6 is 0 Å². The first-order valence-corrected chi connectivity index (χ1v) is 12.3. The van der Waals surface area contributed by atoms with Gasteiger partial charge in [0.15, 0.2) is 0 Å². The van der Waals surface area contributed by atoms with E-state index in [1.54, 1.807) is 4.90 Å². The molecule has 5 rings (SSSR count). The molecule has 2 aromatic rings. The Hall–Kier alpha value is -3.01. The second kappa shape index (κ2) is 9.09. The Balaban J connectivity index is 1.26. The fourth-order valence-electron chi connectivity index (χ4n) is 5.86. The van der Waals surface area contributed by atoms with Crippen molar-refractivity contribution < 1.29 is 9.59 Å². The molecule has 33 heavy (non-hydrogen) atoms. The first kappa shape index (κ1) is 21.8. The van der Waals surface area contributed by atoms with Crippen molar-refractivity contribution in [2.75, 3.05) is 31.5 Å². The fraction of sp³-hybridized carbons (Fsp3) is 0.577. The van der Waals surface area contributed by atoms with Crippen LogP contribution in [0.1, 0.15) is 56.4 Å². The van der Waals surface area contributed by atoms with Gasteiger partial charge in [-0.1, -0.05) is 12.8 Å². The van der Waals surface area contributed by atoms with E-state index in [0.29, 0.717) is 37.3 Å². The number of hydrogen-bond donors (Lipinski definition) is 1. The minimum absolute atomic E-state index is 0.0974. The summed E-state index contributed by atoms with van der Waals surface area (Å²) in [6.45, 7) is 2.98. The van der Waals surface area contributed by atoms with Gasteiger partial charge in [-0.05, 0) is 55.4 Å².